The lowest BCUT2D eigenvalue weighted by Gasteiger charge is -2.17. The maximum Gasteiger partial charge on any atom is 0.208 e. The molecule has 0 spiro atoms. The summed E-state index contributed by atoms with van der Waals surface area (Å²) in [6.45, 7) is 5.51. The maximum absolute atomic E-state index is 10.8. The third kappa shape index (κ3) is 10.2. The van der Waals surface area contributed by atoms with E-state index >= 15 is 0 Å². The van der Waals surface area contributed by atoms with E-state index in [2.05, 4.69) is 23.9 Å². The summed E-state index contributed by atoms with van der Waals surface area (Å²) in [7, 11) is -3.04. The van der Waals surface area contributed by atoms with Crippen molar-refractivity contribution in [3.05, 3.63) is 0 Å². The smallest absolute Gasteiger partial charge is 0.208 e. The van der Waals surface area contributed by atoms with Gasteiger partial charge in [-0.05, 0) is 12.8 Å². The second kappa shape index (κ2) is 8.07. The Morgan fingerprint density at radius 2 is 1.60 bits per heavy atom. The third-order valence-corrected chi connectivity index (χ3v) is 2.93. The van der Waals surface area contributed by atoms with Crippen molar-refractivity contribution in [3.8, 4) is 0 Å². The van der Waals surface area contributed by atoms with Gasteiger partial charge in [-0.1, -0.05) is 26.7 Å². The molecule has 92 valence electrons. The van der Waals surface area contributed by atoms with Crippen molar-refractivity contribution in [2.75, 3.05) is 19.3 Å². The summed E-state index contributed by atoms with van der Waals surface area (Å²) in [5.41, 5.74) is 0. The first-order valence-corrected chi connectivity index (χ1v) is 7.56. The van der Waals surface area contributed by atoms with Gasteiger partial charge in [0.2, 0.25) is 10.0 Å². The molecule has 0 aromatic rings. The summed E-state index contributed by atoms with van der Waals surface area (Å²) < 4.78 is 24.0. The number of hydrogen-bond acceptors (Lipinski definition) is 3. The highest BCUT2D eigenvalue weighted by molar-refractivity contribution is 7.88. The van der Waals surface area contributed by atoms with Crippen LogP contribution in [0.4, 0.5) is 0 Å². The normalized spacial score (nSPS) is 12.3. The highest BCUT2D eigenvalue weighted by Gasteiger charge is 2.05. The lowest BCUT2D eigenvalue weighted by molar-refractivity contribution is 0.446. The monoisotopic (exact) mass is 236 g/mol. The van der Waals surface area contributed by atoms with E-state index in [0.717, 1.165) is 25.7 Å². The Kier molecular flexibility index (Phi) is 8.00. The van der Waals surface area contributed by atoms with E-state index in [1.807, 2.05) is 0 Å². The number of hydrogen-bond donors (Lipinski definition) is 2. The molecule has 0 radical (unpaired) electrons. The fraction of sp³-hybridized carbons (Fsp3) is 1.00. The molecule has 5 heteroatoms. The van der Waals surface area contributed by atoms with Gasteiger partial charge in [-0.2, -0.15) is 0 Å². The topological polar surface area (TPSA) is 58.2 Å². The molecule has 0 saturated heterocycles. The molecule has 0 aliphatic heterocycles. The molecule has 0 atom stereocenters. The van der Waals surface area contributed by atoms with E-state index in [0.29, 0.717) is 19.1 Å². The van der Waals surface area contributed by atoms with Crippen molar-refractivity contribution in [1.29, 1.82) is 0 Å². The van der Waals surface area contributed by atoms with Gasteiger partial charge < -0.3 is 5.32 Å². The summed E-state index contributed by atoms with van der Waals surface area (Å²) >= 11 is 0. The second-order valence-electron chi connectivity index (χ2n) is 3.89. The summed E-state index contributed by atoms with van der Waals surface area (Å²) in [5, 5.41) is 3.37. The summed E-state index contributed by atoms with van der Waals surface area (Å²) in [5.74, 6) is 0. The Bertz CT molecular complexity index is 234. The van der Waals surface area contributed by atoms with Crippen molar-refractivity contribution in [1.82, 2.24) is 10.0 Å². The van der Waals surface area contributed by atoms with Crippen molar-refractivity contribution >= 4 is 10.0 Å². The van der Waals surface area contributed by atoms with Gasteiger partial charge in [-0.3, -0.25) is 0 Å². The zero-order chi connectivity index (χ0) is 11.7. The molecular formula is C10H24N2O2S. The molecule has 2 N–H and O–H groups in total. The number of nitrogens with one attached hydrogen (secondary N) is 2. The van der Waals surface area contributed by atoms with Gasteiger partial charge >= 0.3 is 0 Å². The van der Waals surface area contributed by atoms with Gasteiger partial charge in [-0.15, -0.1) is 0 Å². The fourth-order valence-corrected chi connectivity index (χ4v) is 2.03. The van der Waals surface area contributed by atoms with E-state index in [1.165, 1.54) is 6.26 Å². The van der Waals surface area contributed by atoms with Gasteiger partial charge in [-0.25, -0.2) is 13.1 Å². The van der Waals surface area contributed by atoms with Gasteiger partial charge in [0.15, 0.2) is 0 Å². The molecule has 0 rings (SSSR count). The van der Waals surface area contributed by atoms with Crippen molar-refractivity contribution < 1.29 is 8.42 Å². The van der Waals surface area contributed by atoms with Crippen LogP contribution in [0.15, 0.2) is 0 Å². The molecular weight excluding hydrogens is 212 g/mol. The van der Waals surface area contributed by atoms with E-state index in [-0.39, 0.29) is 0 Å². The summed E-state index contributed by atoms with van der Waals surface area (Å²) in [6.07, 6.45) is 5.83. The fourth-order valence-electron chi connectivity index (χ4n) is 1.56. The van der Waals surface area contributed by atoms with Crippen LogP contribution in [0, 0.1) is 0 Å². The number of sulfonamides is 1. The molecule has 0 aromatic carbocycles. The first-order chi connectivity index (χ1) is 6.99. The second-order valence-corrected chi connectivity index (χ2v) is 5.73. The Hall–Kier alpha value is -0.130. The minimum Gasteiger partial charge on any atom is -0.313 e. The van der Waals surface area contributed by atoms with Crippen LogP contribution in [0.25, 0.3) is 0 Å². The lowest BCUT2D eigenvalue weighted by atomic mass is 10.1. The predicted octanol–water partition coefficient (Wildman–Crippen LogP) is 1.09. The van der Waals surface area contributed by atoms with Crippen molar-refractivity contribution in [3.63, 3.8) is 0 Å². The van der Waals surface area contributed by atoms with Gasteiger partial charge in [0.1, 0.15) is 0 Å². The molecule has 0 aromatic heterocycles. The van der Waals surface area contributed by atoms with Crippen LogP contribution < -0.4 is 10.0 Å². The van der Waals surface area contributed by atoms with E-state index in [9.17, 15) is 8.42 Å². The Balaban J connectivity index is 3.61. The Morgan fingerprint density at radius 1 is 1.07 bits per heavy atom. The molecule has 0 unspecified atom stereocenters. The average Bonchev–Trinajstić information content (AvgIpc) is 2.11. The van der Waals surface area contributed by atoms with Gasteiger partial charge in [0.25, 0.3) is 0 Å². The maximum atomic E-state index is 10.8. The quantitative estimate of drug-likeness (QED) is 0.589. The lowest BCUT2D eigenvalue weighted by Crippen LogP contribution is -2.36. The van der Waals surface area contributed by atoms with Crippen LogP contribution in [0.3, 0.4) is 0 Å². The molecule has 0 heterocycles. The molecule has 4 nitrogen and oxygen atoms in total. The van der Waals surface area contributed by atoms with Crippen LogP contribution in [0.5, 0.6) is 0 Å². The highest BCUT2D eigenvalue weighted by atomic mass is 32.2. The third-order valence-electron chi connectivity index (χ3n) is 2.20. The van der Waals surface area contributed by atoms with Crippen molar-refractivity contribution in [2.24, 2.45) is 0 Å². The summed E-state index contributed by atoms with van der Waals surface area (Å²) in [4.78, 5) is 0. The van der Waals surface area contributed by atoms with E-state index < -0.39 is 10.0 Å². The highest BCUT2D eigenvalue weighted by Crippen LogP contribution is 2.03. The van der Waals surface area contributed by atoms with Crippen LogP contribution in [0.1, 0.15) is 39.5 Å². The molecule has 15 heavy (non-hydrogen) atoms. The van der Waals surface area contributed by atoms with E-state index in [1.54, 1.807) is 0 Å². The molecule has 0 fully saturated rings. The predicted molar refractivity (Wildman–Crippen MR) is 64.5 cm³/mol. The molecule has 0 amide bonds. The molecule has 0 aliphatic rings. The first kappa shape index (κ1) is 14.9. The van der Waals surface area contributed by atoms with Gasteiger partial charge in [0, 0.05) is 19.1 Å². The molecule has 0 saturated carbocycles. The van der Waals surface area contributed by atoms with Crippen LogP contribution in [-0.2, 0) is 10.0 Å². The van der Waals surface area contributed by atoms with Crippen molar-refractivity contribution in [2.45, 2.75) is 45.6 Å². The van der Waals surface area contributed by atoms with Gasteiger partial charge in [0.05, 0.1) is 6.26 Å². The van der Waals surface area contributed by atoms with E-state index in [4.69, 9.17) is 0 Å². The largest absolute Gasteiger partial charge is 0.313 e. The zero-order valence-corrected chi connectivity index (χ0v) is 10.9. The Labute approximate surface area is 93.9 Å². The number of rotatable bonds is 9. The van der Waals surface area contributed by atoms with Crippen LogP contribution in [0.2, 0.25) is 0 Å². The zero-order valence-electron chi connectivity index (χ0n) is 10.0. The van der Waals surface area contributed by atoms with Crippen LogP contribution >= 0.6 is 0 Å². The Morgan fingerprint density at radius 3 is 2.00 bits per heavy atom. The molecule has 0 bridgehead atoms. The first-order valence-electron chi connectivity index (χ1n) is 5.67. The average molecular weight is 236 g/mol. The molecule has 0 aliphatic carbocycles. The summed E-state index contributed by atoms with van der Waals surface area (Å²) in [6, 6.07) is 0.529. The SMILES string of the molecule is CCCC(CCC)NCCNS(C)(=O)=O. The minimum atomic E-state index is -3.04. The van der Waals surface area contributed by atoms with Crippen LogP contribution in [-0.4, -0.2) is 33.8 Å². The standard InChI is InChI=1S/C10H24N2O2S/c1-4-6-10(7-5-2)11-8-9-12-15(3,13)14/h10-12H,4-9H2,1-3H3. The minimum absolute atomic E-state index is 0.475.